The lowest BCUT2D eigenvalue weighted by molar-refractivity contribution is -0.384. The molecule has 0 fully saturated rings. The molecule has 0 aliphatic heterocycles. The van der Waals surface area contributed by atoms with Crippen molar-refractivity contribution in [2.45, 2.75) is 6.54 Å². The molecule has 0 unspecified atom stereocenters. The van der Waals surface area contributed by atoms with Crippen LogP contribution >= 0.6 is 11.3 Å². The monoisotopic (exact) mass is 377 g/mol. The number of hydrogen-bond donors (Lipinski definition) is 1. The highest BCUT2D eigenvalue weighted by Crippen LogP contribution is 2.25. The van der Waals surface area contributed by atoms with Gasteiger partial charge in [-0.05, 0) is 52.2 Å². The van der Waals surface area contributed by atoms with Crippen LogP contribution < -0.4 is 5.32 Å². The minimum atomic E-state index is -0.427. The SMILES string of the molecule is O=C(Cn1ccc2cc([N+](=O)[O-])ccc21)Nc1cccc(-c2ccsc2)c1. The molecule has 0 saturated carbocycles. The van der Waals surface area contributed by atoms with Crippen molar-refractivity contribution in [2.75, 3.05) is 5.32 Å². The lowest BCUT2D eigenvalue weighted by Gasteiger charge is -2.09. The maximum absolute atomic E-state index is 12.5. The number of carbonyl (C=O) groups is 1. The number of rotatable bonds is 5. The van der Waals surface area contributed by atoms with Gasteiger partial charge in [0, 0.05) is 34.9 Å². The van der Waals surface area contributed by atoms with Gasteiger partial charge in [-0.2, -0.15) is 11.3 Å². The lowest BCUT2D eigenvalue weighted by Crippen LogP contribution is -2.18. The number of carbonyl (C=O) groups excluding carboxylic acids is 1. The van der Waals surface area contributed by atoms with Crippen molar-refractivity contribution in [3.8, 4) is 11.1 Å². The first-order chi connectivity index (χ1) is 13.1. The van der Waals surface area contributed by atoms with Crippen molar-refractivity contribution in [2.24, 2.45) is 0 Å². The fourth-order valence-electron chi connectivity index (χ4n) is 3.00. The molecule has 27 heavy (non-hydrogen) atoms. The van der Waals surface area contributed by atoms with E-state index in [1.165, 1.54) is 12.1 Å². The summed E-state index contributed by atoms with van der Waals surface area (Å²) in [4.78, 5) is 22.9. The molecule has 2 aromatic heterocycles. The molecule has 0 spiro atoms. The molecular formula is C20H15N3O3S. The first kappa shape index (κ1) is 17.0. The van der Waals surface area contributed by atoms with Crippen LogP contribution in [0.5, 0.6) is 0 Å². The fourth-order valence-corrected chi connectivity index (χ4v) is 3.66. The second-order valence-electron chi connectivity index (χ2n) is 6.08. The number of benzene rings is 2. The molecule has 0 bridgehead atoms. The minimum Gasteiger partial charge on any atom is -0.338 e. The molecular weight excluding hydrogens is 362 g/mol. The molecule has 6 nitrogen and oxygen atoms in total. The fraction of sp³-hybridized carbons (Fsp3) is 0.0500. The number of nitro groups is 1. The van der Waals surface area contributed by atoms with Crippen molar-refractivity contribution < 1.29 is 9.72 Å². The Morgan fingerprint density at radius 2 is 2.00 bits per heavy atom. The number of fused-ring (bicyclic) bond motifs is 1. The standard InChI is InChI=1S/C20H15N3O3S/c24-20(21-17-3-1-2-14(10-17)16-7-9-27-13-16)12-22-8-6-15-11-18(23(25)26)4-5-19(15)22/h1-11,13H,12H2,(H,21,24). The second kappa shape index (κ2) is 7.05. The van der Waals surface area contributed by atoms with Gasteiger partial charge in [0.1, 0.15) is 6.54 Å². The average molecular weight is 377 g/mol. The summed E-state index contributed by atoms with van der Waals surface area (Å²) in [6.45, 7) is 0.129. The zero-order chi connectivity index (χ0) is 18.8. The Morgan fingerprint density at radius 3 is 2.78 bits per heavy atom. The van der Waals surface area contributed by atoms with Crippen molar-refractivity contribution in [1.29, 1.82) is 0 Å². The van der Waals surface area contributed by atoms with Crippen LogP contribution in [0.25, 0.3) is 22.0 Å². The quantitative estimate of drug-likeness (QED) is 0.396. The van der Waals surface area contributed by atoms with Gasteiger partial charge in [0.15, 0.2) is 0 Å². The van der Waals surface area contributed by atoms with Crippen molar-refractivity contribution in [1.82, 2.24) is 4.57 Å². The number of nitrogens with one attached hydrogen (secondary N) is 1. The Labute approximate surface area is 158 Å². The molecule has 2 aromatic carbocycles. The summed E-state index contributed by atoms with van der Waals surface area (Å²) in [6, 6.07) is 16.1. The largest absolute Gasteiger partial charge is 0.338 e. The number of hydrogen-bond acceptors (Lipinski definition) is 4. The van der Waals surface area contributed by atoms with E-state index in [9.17, 15) is 14.9 Å². The number of anilines is 1. The molecule has 0 radical (unpaired) electrons. The maximum Gasteiger partial charge on any atom is 0.270 e. The molecule has 0 aliphatic carbocycles. The van der Waals surface area contributed by atoms with Crippen molar-refractivity contribution >= 4 is 39.5 Å². The first-order valence-corrected chi connectivity index (χ1v) is 9.20. The normalized spacial score (nSPS) is 10.8. The number of non-ortho nitro benzene ring substituents is 1. The summed E-state index contributed by atoms with van der Waals surface area (Å²) in [5, 5.41) is 18.6. The lowest BCUT2D eigenvalue weighted by atomic mass is 10.1. The number of aromatic nitrogens is 1. The molecule has 1 amide bonds. The Kier molecular flexibility index (Phi) is 4.43. The molecule has 0 saturated heterocycles. The topological polar surface area (TPSA) is 77.2 Å². The van der Waals surface area contributed by atoms with Gasteiger partial charge >= 0.3 is 0 Å². The van der Waals surface area contributed by atoms with Crippen LogP contribution in [0.1, 0.15) is 0 Å². The number of amides is 1. The van der Waals surface area contributed by atoms with E-state index in [0.717, 1.165) is 27.7 Å². The van der Waals surface area contributed by atoms with E-state index >= 15 is 0 Å². The molecule has 1 N–H and O–H groups in total. The van der Waals surface area contributed by atoms with Crippen LogP contribution in [0.3, 0.4) is 0 Å². The Balaban J connectivity index is 1.51. The van der Waals surface area contributed by atoms with Crippen LogP contribution in [0.2, 0.25) is 0 Å². The van der Waals surface area contributed by atoms with Crippen molar-refractivity contribution in [3.05, 3.63) is 81.7 Å². The Morgan fingerprint density at radius 1 is 1.11 bits per heavy atom. The van der Waals surface area contributed by atoms with Gasteiger partial charge in [-0.25, -0.2) is 0 Å². The predicted molar refractivity (Wildman–Crippen MR) is 107 cm³/mol. The van der Waals surface area contributed by atoms with Gasteiger partial charge in [-0.1, -0.05) is 12.1 Å². The summed E-state index contributed by atoms with van der Waals surface area (Å²) in [6.07, 6.45) is 1.76. The van der Waals surface area contributed by atoms with E-state index in [1.807, 2.05) is 35.7 Å². The van der Waals surface area contributed by atoms with Gasteiger partial charge in [-0.3, -0.25) is 14.9 Å². The minimum absolute atomic E-state index is 0.0370. The van der Waals surface area contributed by atoms with E-state index in [4.69, 9.17) is 0 Å². The zero-order valence-corrected chi connectivity index (χ0v) is 15.0. The molecule has 7 heteroatoms. The smallest absolute Gasteiger partial charge is 0.270 e. The Bertz CT molecular complexity index is 1130. The number of nitrogens with zero attached hydrogens (tertiary/aromatic N) is 2. The summed E-state index contributed by atoms with van der Waals surface area (Å²) in [5.74, 6) is -0.159. The highest BCUT2D eigenvalue weighted by Gasteiger charge is 2.11. The molecule has 134 valence electrons. The third-order valence-corrected chi connectivity index (χ3v) is 4.96. The molecule has 0 atom stereocenters. The summed E-state index contributed by atoms with van der Waals surface area (Å²) < 4.78 is 1.77. The van der Waals surface area contributed by atoms with E-state index in [1.54, 1.807) is 34.2 Å². The van der Waals surface area contributed by atoms with Crippen LogP contribution in [0, 0.1) is 10.1 Å². The Hall–Kier alpha value is -3.45. The van der Waals surface area contributed by atoms with E-state index in [2.05, 4.69) is 10.7 Å². The van der Waals surface area contributed by atoms with Gasteiger partial charge < -0.3 is 9.88 Å². The van der Waals surface area contributed by atoms with E-state index in [0.29, 0.717) is 0 Å². The third kappa shape index (κ3) is 3.58. The highest BCUT2D eigenvalue weighted by atomic mass is 32.1. The number of thiophene rings is 1. The van der Waals surface area contributed by atoms with Crippen LogP contribution in [-0.2, 0) is 11.3 Å². The summed E-state index contributed by atoms with van der Waals surface area (Å²) in [7, 11) is 0. The van der Waals surface area contributed by atoms with Crippen LogP contribution in [0.4, 0.5) is 11.4 Å². The molecule has 2 heterocycles. The van der Waals surface area contributed by atoms with Gasteiger partial charge in [0.25, 0.3) is 5.69 Å². The van der Waals surface area contributed by atoms with Crippen molar-refractivity contribution in [3.63, 3.8) is 0 Å². The van der Waals surface area contributed by atoms with Gasteiger partial charge in [-0.15, -0.1) is 0 Å². The summed E-state index contributed by atoms with van der Waals surface area (Å²) in [5.41, 5.74) is 3.72. The molecule has 4 rings (SSSR count). The third-order valence-electron chi connectivity index (χ3n) is 4.28. The predicted octanol–water partition coefficient (Wildman–Crippen LogP) is 4.92. The summed E-state index contributed by atoms with van der Waals surface area (Å²) >= 11 is 1.63. The maximum atomic E-state index is 12.5. The highest BCUT2D eigenvalue weighted by molar-refractivity contribution is 7.08. The van der Waals surface area contributed by atoms with E-state index < -0.39 is 4.92 Å². The van der Waals surface area contributed by atoms with Gasteiger partial charge in [0.05, 0.1) is 4.92 Å². The average Bonchev–Trinajstić information content (AvgIpc) is 3.32. The second-order valence-corrected chi connectivity index (χ2v) is 6.86. The zero-order valence-electron chi connectivity index (χ0n) is 14.2. The van der Waals surface area contributed by atoms with Gasteiger partial charge in [0.2, 0.25) is 5.91 Å². The van der Waals surface area contributed by atoms with E-state index in [-0.39, 0.29) is 18.1 Å². The van der Waals surface area contributed by atoms with Crippen LogP contribution in [-0.4, -0.2) is 15.4 Å². The number of nitro benzene ring substituents is 1. The molecule has 0 aliphatic rings. The molecule has 4 aromatic rings. The van der Waals surface area contributed by atoms with Crippen LogP contribution in [0.15, 0.2) is 71.6 Å². The first-order valence-electron chi connectivity index (χ1n) is 8.26.